The van der Waals surface area contributed by atoms with E-state index in [9.17, 15) is 14.0 Å². The van der Waals surface area contributed by atoms with Gasteiger partial charge in [0.15, 0.2) is 5.76 Å². The second-order valence-electron chi connectivity index (χ2n) is 6.68. The van der Waals surface area contributed by atoms with Crippen molar-refractivity contribution in [1.29, 1.82) is 0 Å². The summed E-state index contributed by atoms with van der Waals surface area (Å²) in [5.41, 5.74) is 0.968. The molecule has 1 atom stereocenters. The molecule has 0 saturated heterocycles. The molecule has 0 radical (unpaired) electrons. The molecule has 9 heteroatoms. The number of carbonyl (C=O) groups excluding carboxylic acids is 2. The highest BCUT2D eigenvalue weighted by molar-refractivity contribution is 6.31. The monoisotopic (exact) mass is 442 g/mol. The third kappa shape index (κ3) is 4.29. The molecular weight excluding hydrogens is 427 g/mol. The number of carbonyl (C=O) groups is 2. The zero-order chi connectivity index (χ0) is 22.1. The normalized spacial score (nSPS) is 15.4. The quantitative estimate of drug-likeness (QED) is 0.424. The molecule has 2 aromatic carbocycles. The van der Waals surface area contributed by atoms with Crippen LogP contribution in [0.15, 0.2) is 64.1 Å². The lowest BCUT2D eigenvalue weighted by molar-refractivity contribution is -0.136. The maximum atomic E-state index is 13.2. The second kappa shape index (κ2) is 8.23. The Labute approximate surface area is 181 Å². The van der Waals surface area contributed by atoms with E-state index in [0.717, 1.165) is 5.01 Å². The summed E-state index contributed by atoms with van der Waals surface area (Å²) in [6.45, 7) is 2.60. The highest BCUT2D eigenvalue weighted by Gasteiger charge is 2.36. The Morgan fingerprint density at radius 3 is 2.52 bits per heavy atom. The van der Waals surface area contributed by atoms with Crippen LogP contribution in [0.1, 0.15) is 31.4 Å². The van der Waals surface area contributed by atoms with Crippen LogP contribution in [0.25, 0.3) is 11.3 Å². The minimum atomic E-state index is -0.981. The van der Waals surface area contributed by atoms with Crippen LogP contribution >= 0.6 is 11.6 Å². The molecule has 2 heterocycles. The van der Waals surface area contributed by atoms with E-state index in [1.54, 1.807) is 30.3 Å². The number of halogens is 2. The molecule has 1 aromatic heterocycles. The summed E-state index contributed by atoms with van der Waals surface area (Å²) >= 11 is 6.09. The first kappa shape index (κ1) is 20.6. The Hall–Kier alpha value is -3.65. The zero-order valence-electron chi connectivity index (χ0n) is 16.5. The fourth-order valence-electron chi connectivity index (χ4n) is 3.03. The third-order valence-electron chi connectivity index (χ3n) is 4.39. The number of ether oxygens (including phenoxy) is 2. The summed E-state index contributed by atoms with van der Waals surface area (Å²) < 4.78 is 30.1. The van der Waals surface area contributed by atoms with Gasteiger partial charge in [0.25, 0.3) is 6.23 Å². The van der Waals surface area contributed by atoms with Gasteiger partial charge in [-0.25, -0.2) is 4.39 Å². The van der Waals surface area contributed by atoms with E-state index in [1.807, 2.05) is 0 Å². The Balaban J connectivity index is 1.67. The van der Waals surface area contributed by atoms with E-state index in [1.165, 1.54) is 38.1 Å². The van der Waals surface area contributed by atoms with E-state index in [2.05, 4.69) is 5.10 Å². The average molecular weight is 443 g/mol. The van der Waals surface area contributed by atoms with Crippen LogP contribution in [-0.2, 0) is 14.3 Å². The first-order valence-corrected chi connectivity index (χ1v) is 9.58. The number of nitrogens with zero attached hydrogens (tertiary/aromatic N) is 2. The van der Waals surface area contributed by atoms with Crippen molar-refractivity contribution in [2.45, 2.75) is 20.1 Å². The number of hydrazone groups is 1. The number of hydrogen-bond donors (Lipinski definition) is 0. The van der Waals surface area contributed by atoms with Gasteiger partial charge >= 0.3 is 5.97 Å². The molecule has 158 valence electrons. The molecule has 0 fully saturated rings. The van der Waals surface area contributed by atoms with Crippen molar-refractivity contribution in [2.24, 2.45) is 5.10 Å². The van der Waals surface area contributed by atoms with Crippen molar-refractivity contribution in [1.82, 2.24) is 5.01 Å². The lowest BCUT2D eigenvalue weighted by Gasteiger charge is -2.16. The zero-order valence-corrected chi connectivity index (χ0v) is 17.2. The SMILES string of the molecule is CC(=O)Oc1ccc(Cl)cc1C1=NN(C(C)=O)[C@H](c2ccc(-c3ccc(F)cc3)o2)O1. The maximum Gasteiger partial charge on any atom is 0.308 e. The van der Waals surface area contributed by atoms with Crippen LogP contribution in [0, 0.1) is 5.82 Å². The molecular formula is C22H16ClFN2O5. The van der Waals surface area contributed by atoms with Gasteiger partial charge in [-0.2, -0.15) is 5.01 Å². The molecule has 0 N–H and O–H groups in total. The van der Waals surface area contributed by atoms with Gasteiger partial charge in [0.05, 0.1) is 5.56 Å². The minimum Gasteiger partial charge on any atom is -0.455 e. The van der Waals surface area contributed by atoms with Crippen molar-refractivity contribution in [3.8, 4) is 17.1 Å². The van der Waals surface area contributed by atoms with Crippen molar-refractivity contribution in [3.63, 3.8) is 0 Å². The Bertz CT molecular complexity index is 1190. The Morgan fingerprint density at radius 2 is 1.84 bits per heavy atom. The average Bonchev–Trinajstić information content (AvgIpc) is 3.37. The van der Waals surface area contributed by atoms with Gasteiger partial charge in [-0.15, -0.1) is 5.10 Å². The summed E-state index contributed by atoms with van der Waals surface area (Å²) in [7, 11) is 0. The first-order valence-electron chi connectivity index (χ1n) is 9.21. The molecule has 7 nitrogen and oxygen atoms in total. The van der Waals surface area contributed by atoms with Gasteiger partial charge in [0.2, 0.25) is 11.8 Å². The van der Waals surface area contributed by atoms with E-state index in [0.29, 0.717) is 27.7 Å². The van der Waals surface area contributed by atoms with E-state index in [4.69, 9.17) is 25.5 Å². The van der Waals surface area contributed by atoms with Gasteiger partial charge in [-0.05, 0) is 54.6 Å². The number of amides is 1. The molecule has 0 saturated carbocycles. The standard InChI is InChI=1S/C22H16ClFN2O5/c1-12(27)26-22(20-10-9-18(30-20)14-3-6-16(24)7-4-14)31-21(25-26)17-11-15(23)5-8-19(17)29-13(2)28/h3-11,22H,1-2H3/t22-/m0/s1. The molecule has 4 rings (SSSR count). The van der Waals surface area contributed by atoms with E-state index in [-0.39, 0.29) is 17.5 Å². The second-order valence-corrected chi connectivity index (χ2v) is 7.12. The number of rotatable bonds is 4. The van der Waals surface area contributed by atoms with Crippen LogP contribution in [-0.4, -0.2) is 22.8 Å². The molecule has 0 unspecified atom stereocenters. The molecule has 0 bridgehead atoms. The molecule has 31 heavy (non-hydrogen) atoms. The summed E-state index contributed by atoms with van der Waals surface area (Å²) in [6.07, 6.45) is -0.981. The van der Waals surface area contributed by atoms with Crippen molar-refractivity contribution in [3.05, 3.63) is 76.8 Å². The summed E-state index contributed by atoms with van der Waals surface area (Å²) in [5, 5.41) is 5.72. The van der Waals surface area contributed by atoms with Gasteiger partial charge < -0.3 is 13.9 Å². The van der Waals surface area contributed by atoms with Gasteiger partial charge in [0, 0.05) is 24.4 Å². The number of hydrogen-bond acceptors (Lipinski definition) is 6. The van der Waals surface area contributed by atoms with Gasteiger partial charge in [-0.1, -0.05) is 11.6 Å². The number of benzene rings is 2. The molecule has 0 aliphatic carbocycles. The van der Waals surface area contributed by atoms with Gasteiger partial charge in [0.1, 0.15) is 17.3 Å². The van der Waals surface area contributed by atoms with Crippen molar-refractivity contribution < 1.29 is 27.9 Å². The van der Waals surface area contributed by atoms with Crippen LogP contribution in [0.2, 0.25) is 5.02 Å². The Morgan fingerprint density at radius 1 is 1.10 bits per heavy atom. The van der Waals surface area contributed by atoms with Crippen molar-refractivity contribution >= 4 is 29.4 Å². The fourth-order valence-corrected chi connectivity index (χ4v) is 3.20. The predicted molar refractivity (Wildman–Crippen MR) is 110 cm³/mol. The summed E-state index contributed by atoms with van der Waals surface area (Å²) in [5.74, 6) is -0.276. The van der Waals surface area contributed by atoms with Crippen LogP contribution in [0.4, 0.5) is 4.39 Å². The summed E-state index contributed by atoms with van der Waals surface area (Å²) in [6, 6.07) is 13.7. The molecule has 1 amide bonds. The van der Waals surface area contributed by atoms with Crippen molar-refractivity contribution in [2.75, 3.05) is 0 Å². The minimum absolute atomic E-state index is 0.0404. The smallest absolute Gasteiger partial charge is 0.308 e. The largest absolute Gasteiger partial charge is 0.455 e. The maximum absolute atomic E-state index is 13.2. The van der Waals surface area contributed by atoms with Crippen LogP contribution in [0.3, 0.4) is 0 Å². The highest BCUT2D eigenvalue weighted by Crippen LogP contribution is 2.36. The molecule has 3 aromatic rings. The fraction of sp³-hybridized carbons (Fsp3) is 0.136. The predicted octanol–water partition coefficient (Wildman–Crippen LogP) is 4.90. The van der Waals surface area contributed by atoms with Crippen LogP contribution < -0.4 is 4.74 Å². The lowest BCUT2D eigenvalue weighted by atomic mass is 10.2. The lowest BCUT2D eigenvalue weighted by Crippen LogP contribution is -2.24. The number of furan rings is 1. The van der Waals surface area contributed by atoms with E-state index >= 15 is 0 Å². The topological polar surface area (TPSA) is 81.3 Å². The molecule has 0 spiro atoms. The summed E-state index contributed by atoms with van der Waals surface area (Å²) in [4.78, 5) is 23.6. The number of esters is 1. The molecule has 1 aliphatic heterocycles. The highest BCUT2D eigenvalue weighted by atomic mass is 35.5. The third-order valence-corrected chi connectivity index (χ3v) is 4.63. The van der Waals surface area contributed by atoms with Crippen LogP contribution in [0.5, 0.6) is 5.75 Å². The Kier molecular flexibility index (Phi) is 5.48. The van der Waals surface area contributed by atoms with Gasteiger partial charge in [-0.3, -0.25) is 9.59 Å². The van der Waals surface area contributed by atoms with E-state index < -0.39 is 18.1 Å². The first-order chi connectivity index (χ1) is 14.8. The molecule has 1 aliphatic rings.